The van der Waals surface area contributed by atoms with Gasteiger partial charge in [-0.15, -0.1) is 0 Å². The normalized spacial score (nSPS) is 10.8. The molecule has 2 N–H and O–H groups in total. The Balaban J connectivity index is 1.55. The molecule has 3 aromatic rings. The molecule has 0 bridgehead atoms. The minimum absolute atomic E-state index is 0.150. The van der Waals surface area contributed by atoms with Gasteiger partial charge >= 0.3 is 0 Å². The lowest BCUT2D eigenvalue weighted by Crippen LogP contribution is -2.34. The van der Waals surface area contributed by atoms with E-state index in [0.717, 1.165) is 22.4 Å². The Morgan fingerprint density at radius 2 is 1.77 bits per heavy atom. The maximum absolute atomic E-state index is 13.1. The van der Waals surface area contributed by atoms with Gasteiger partial charge in [-0.05, 0) is 29.0 Å². The predicted octanol–water partition coefficient (Wildman–Crippen LogP) is 2.86. The second kappa shape index (κ2) is 8.02. The van der Waals surface area contributed by atoms with Crippen molar-refractivity contribution < 1.29 is 14.0 Å². The summed E-state index contributed by atoms with van der Waals surface area (Å²) in [5.74, 6) is -1.52. The number of nitrogens with zero attached hydrogens (tertiary/aromatic N) is 1. The lowest BCUT2D eigenvalue weighted by molar-refractivity contribution is -0.120. The van der Waals surface area contributed by atoms with Crippen molar-refractivity contribution in [2.75, 3.05) is 6.54 Å². The minimum Gasteiger partial charge on any atom is -0.343 e. The van der Waals surface area contributed by atoms with Crippen molar-refractivity contribution in [2.45, 2.75) is 0 Å². The molecule has 2 amide bonds. The van der Waals surface area contributed by atoms with E-state index in [1.807, 2.05) is 42.5 Å². The molecule has 0 unspecified atom stereocenters. The topological polar surface area (TPSA) is 70.6 Å². The molecule has 0 fully saturated rings. The average Bonchev–Trinajstić information content (AvgIpc) is 2.66. The van der Waals surface area contributed by atoms with Crippen molar-refractivity contribution in [1.82, 2.24) is 10.7 Å². The number of carbonyl (C=O) groups excluding carboxylic acids is 2. The van der Waals surface area contributed by atoms with Gasteiger partial charge in [-0.2, -0.15) is 5.10 Å². The first-order chi connectivity index (χ1) is 12.6. The maximum atomic E-state index is 13.1. The van der Waals surface area contributed by atoms with Crippen LogP contribution in [0.25, 0.3) is 10.8 Å². The molecule has 3 rings (SSSR count). The van der Waals surface area contributed by atoms with E-state index in [2.05, 4.69) is 15.8 Å². The summed E-state index contributed by atoms with van der Waals surface area (Å²) in [6, 6.07) is 18.9. The number of benzene rings is 3. The first-order valence-electron chi connectivity index (χ1n) is 7.97. The Morgan fingerprint density at radius 3 is 2.62 bits per heavy atom. The molecule has 0 aliphatic heterocycles. The molecule has 26 heavy (non-hydrogen) atoms. The summed E-state index contributed by atoms with van der Waals surface area (Å²) in [7, 11) is 0. The van der Waals surface area contributed by atoms with Crippen LogP contribution in [-0.2, 0) is 4.79 Å². The highest BCUT2D eigenvalue weighted by atomic mass is 19.1. The molecule has 6 heteroatoms. The number of hydrazone groups is 1. The molecule has 0 aliphatic carbocycles. The smallest absolute Gasteiger partial charge is 0.259 e. The van der Waals surface area contributed by atoms with E-state index in [0.29, 0.717) is 0 Å². The zero-order valence-electron chi connectivity index (χ0n) is 13.8. The van der Waals surface area contributed by atoms with Crippen molar-refractivity contribution in [3.05, 3.63) is 83.7 Å². The fraction of sp³-hybridized carbons (Fsp3) is 0.0500. The zero-order valence-corrected chi connectivity index (χ0v) is 13.8. The van der Waals surface area contributed by atoms with Crippen molar-refractivity contribution in [2.24, 2.45) is 5.10 Å². The molecule has 0 saturated heterocycles. The van der Waals surface area contributed by atoms with E-state index >= 15 is 0 Å². The molecule has 130 valence electrons. The monoisotopic (exact) mass is 349 g/mol. The van der Waals surface area contributed by atoms with Gasteiger partial charge in [-0.25, -0.2) is 9.82 Å². The van der Waals surface area contributed by atoms with Gasteiger partial charge in [0, 0.05) is 11.1 Å². The third kappa shape index (κ3) is 4.30. The lowest BCUT2D eigenvalue weighted by Gasteiger charge is -2.04. The molecular formula is C20H16FN3O2. The molecule has 0 atom stereocenters. The van der Waals surface area contributed by atoms with Crippen molar-refractivity contribution in [3.63, 3.8) is 0 Å². The van der Waals surface area contributed by atoms with Gasteiger partial charge in [0.2, 0.25) is 0 Å². The highest BCUT2D eigenvalue weighted by molar-refractivity contribution is 6.00. The number of amides is 2. The molecular weight excluding hydrogens is 333 g/mol. The van der Waals surface area contributed by atoms with Gasteiger partial charge in [-0.3, -0.25) is 9.59 Å². The number of nitrogens with one attached hydrogen (secondary N) is 2. The van der Waals surface area contributed by atoms with E-state index in [-0.39, 0.29) is 12.1 Å². The van der Waals surface area contributed by atoms with E-state index in [9.17, 15) is 14.0 Å². The number of carbonyl (C=O) groups is 2. The Labute approximate surface area is 149 Å². The molecule has 0 aromatic heterocycles. The van der Waals surface area contributed by atoms with Gasteiger partial charge in [0.25, 0.3) is 11.8 Å². The summed E-state index contributed by atoms with van der Waals surface area (Å²) in [5.41, 5.74) is 3.37. The standard InChI is InChI=1S/C20H16FN3O2/c21-17-9-4-7-15(11-17)20(26)22-13-19(25)24-23-12-16-8-3-6-14-5-1-2-10-18(14)16/h1-12H,13H2,(H,22,26)(H,24,25)/b23-12+. The summed E-state index contributed by atoms with van der Waals surface area (Å²) in [6.07, 6.45) is 1.55. The third-order valence-corrected chi connectivity index (χ3v) is 3.71. The van der Waals surface area contributed by atoms with Crippen LogP contribution in [0.2, 0.25) is 0 Å². The third-order valence-electron chi connectivity index (χ3n) is 3.71. The van der Waals surface area contributed by atoms with Crippen LogP contribution in [0, 0.1) is 5.82 Å². The Kier molecular flexibility index (Phi) is 5.34. The molecule has 0 radical (unpaired) electrons. The van der Waals surface area contributed by atoms with Crippen LogP contribution in [0.1, 0.15) is 15.9 Å². The molecule has 5 nitrogen and oxygen atoms in total. The summed E-state index contributed by atoms with van der Waals surface area (Å²) >= 11 is 0. The van der Waals surface area contributed by atoms with Crippen molar-refractivity contribution in [3.8, 4) is 0 Å². The van der Waals surface area contributed by atoms with Gasteiger partial charge in [0.1, 0.15) is 5.82 Å². The lowest BCUT2D eigenvalue weighted by atomic mass is 10.1. The summed E-state index contributed by atoms with van der Waals surface area (Å²) in [4.78, 5) is 23.6. The van der Waals surface area contributed by atoms with E-state index in [1.165, 1.54) is 18.2 Å². The van der Waals surface area contributed by atoms with Gasteiger partial charge < -0.3 is 5.32 Å². The quantitative estimate of drug-likeness (QED) is 0.549. The van der Waals surface area contributed by atoms with Crippen LogP contribution in [0.15, 0.2) is 71.8 Å². The predicted molar refractivity (Wildman–Crippen MR) is 98.4 cm³/mol. The van der Waals surface area contributed by atoms with Gasteiger partial charge in [-0.1, -0.05) is 48.5 Å². The van der Waals surface area contributed by atoms with Crippen LogP contribution >= 0.6 is 0 Å². The fourth-order valence-corrected chi connectivity index (χ4v) is 2.47. The second-order valence-electron chi connectivity index (χ2n) is 5.55. The fourth-order valence-electron chi connectivity index (χ4n) is 2.47. The number of fused-ring (bicyclic) bond motifs is 1. The van der Waals surface area contributed by atoms with E-state index < -0.39 is 17.6 Å². The average molecular weight is 349 g/mol. The van der Waals surface area contributed by atoms with Crippen LogP contribution in [0.4, 0.5) is 4.39 Å². The second-order valence-corrected chi connectivity index (χ2v) is 5.55. The number of halogens is 1. The number of hydrogen-bond acceptors (Lipinski definition) is 3. The van der Waals surface area contributed by atoms with Crippen LogP contribution in [-0.4, -0.2) is 24.6 Å². The van der Waals surface area contributed by atoms with Gasteiger partial charge in [0.15, 0.2) is 0 Å². The molecule has 0 heterocycles. The first kappa shape index (κ1) is 17.3. The Hall–Kier alpha value is -3.54. The Bertz CT molecular complexity index is 980. The number of rotatable bonds is 5. The highest BCUT2D eigenvalue weighted by Gasteiger charge is 2.08. The van der Waals surface area contributed by atoms with E-state index in [1.54, 1.807) is 6.21 Å². The van der Waals surface area contributed by atoms with Crippen molar-refractivity contribution in [1.29, 1.82) is 0 Å². The summed E-state index contributed by atoms with van der Waals surface area (Å²) in [6.45, 7) is -0.262. The summed E-state index contributed by atoms with van der Waals surface area (Å²) in [5, 5.41) is 8.43. The molecule has 0 spiro atoms. The minimum atomic E-state index is -0.530. The van der Waals surface area contributed by atoms with Crippen LogP contribution in [0.3, 0.4) is 0 Å². The highest BCUT2D eigenvalue weighted by Crippen LogP contribution is 2.16. The SMILES string of the molecule is O=C(CNC(=O)c1cccc(F)c1)N/N=C/c1cccc2ccccc12. The van der Waals surface area contributed by atoms with Crippen molar-refractivity contribution >= 4 is 28.8 Å². The van der Waals surface area contributed by atoms with Crippen LogP contribution in [0.5, 0.6) is 0 Å². The van der Waals surface area contributed by atoms with Crippen LogP contribution < -0.4 is 10.7 Å². The zero-order chi connectivity index (χ0) is 18.4. The molecule has 3 aromatic carbocycles. The number of hydrogen-bond donors (Lipinski definition) is 2. The first-order valence-corrected chi connectivity index (χ1v) is 7.97. The maximum Gasteiger partial charge on any atom is 0.259 e. The Morgan fingerprint density at radius 1 is 1.00 bits per heavy atom. The summed E-state index contributed by atoms with van der Waals surface area (Å²) < 4.78 is 13.1. The van der Waals surface area contributed by atoms with Gasteiger partial charge in [0.05, 0.1) is 12.8 Å². The molecule has 0 saturated carbocycles. The largest absolute Gasteiger partial charge is 0.343 e. The molecule has 0 aliphatic rings. The van der Waals surface area contributed by atoms with E-state index in [4.69, 9.17) is 0 Å².